The molecule has 1 unspecified atom stereocenters. The average Bonchev–Trinajstić information content (AvgIpc) is 2.47. The molecule has 3 heteroatoms. The van der Waals surface area contributed by atoms with Crippen molar-refractivity contribution in [2.24, 2.45) is 0 Å². The Morgan fingerprint density at radius 3 is 2.79 bits per heavy atom. The van der Waals surface area contributed by atoms with E-state index in [1.54, 1.807) is 0 Å². The maximum absolute atomic E-state index is 11.1. The Hall–Kier alpha value is -2.13. The summed E-state index contributed by atoms with van der Waals surface area (Å²) < 4.78 is 0. The molecule has 0 saturated carbocycles. The lowest BCUT2D eigenvalue weighted by molar-refractivity contribution is -0.139. The second-order valence-electron chi connectivity index (χ2n) is 4.76. The summed E-state index contributed by atoms with van der Waals surface area (Å²) in [4.78, 5) is 11.1. The number of fused-ring (bicyclic) bond motifs is 1. The summed E-state index contributed by atoms with van der Waals surface area (Å²) in [6, 6.07) is 13.9. The largest absolute Gasteiger partial charge is 0.480 e. The van der Waals surface area contributed by atoms with Crippen LogP contribution < -0.4 is 5.32 Å². The molecule has 3 nitrogen and oxygen atoms in total. The number of carbonyl (C=O) groups is 1. The highest BCUT2D eigenvalue weighted by molar-refractivity contribution is 5.95. The quantitative estimate of drug-likeness (QED) is 0.865. The Morgan fingerprint density at radius 1 is 1.16 bits per heavy atom. The number of carboxylic acids is 1. The zero-order valence-electron chi connectivity index (χ0n) is 10.5. The minimum atomic E-state index is -0.786. The number of nitrogens with one attached hydrogen (secondary N) is 1. The molecule has 1 atom stereocenters. The van der Waals surface area contributed by atoms with Crippen LogP contribution in [0.5, 0.6) is 0 Å². The second-order valence-corrected chi connectivity index (χ2v) is 4.76. The van der Waals surface area contributed by atoms with Crippen molar-refractivity contribution < 1.29 is 9.90 Å². The number of rotatable bonds is 2. The van der Waals surface area contributed by atoms with Gasteiger partial charge in [-0.15, -0.1) is 0 Å². The molecule has 0 aromatic heterocycles. The van der Waals surface area contributed by atoms with Crippen LogP contribution in [0.15, 0.2) is 48.5 Å². The first kappa shape index (κ1) is 11.9. The topological polar surface area (TPSA) is 49.3 Å². The number of carboxylic acid groups (broad SMARTS) is 1. The van der Waals surface area contributed by atoms with Crippen molar-refractivity contribution in [3.05, 3.63) is 54.1 Å². The molecule has 1 aliphatic heterocycles. The lowest BCUT2D eigenvalue weighted by atomic mass is 9.92. The Bertz CT molecular complexity index is 655. The zero-order valence-corrected chi connectivity index (χ0v) is 10.5. The van der Waals surface area contributed by atoms with E-state index in [0.717, 1.165) is 11.1 Å². The van der Waals surface area contributed by atoms with Gasteiger partial charge in [-0.2, -0.15) is 0 Å². The average molecular weight is 253 g/mol. The van der Waals surface area contributed by atoms with Gasteiger partial charge in [-0.25, -0.2) is 0 Å². The molecule has 0 radical (unpaired) electrons. The van der Waals surface area contributed by atoms with E-state index in [-0.39, 0.29) is 0 Å². The molecule has 0 bridgehead atoms. The highest BCUT2D eigenvalue weighted by Crippen LogP contribution is 2.29. The molecule has 0 saturated heterocycles. The van der Waals surface area contributed by atoms with E-state index in [9.17, 15) is 4.79 Å². The van der Waals surface area contributed by atoms with Gasteiger partial charge >= 0.3 is 5.97 Å². The molecule has 0 amide bonds. The fraction of sp³-hybridized carbons (Fsp3) is 0.188. The van der Waals surface area contributed by atoms with Gasteiger partial charge in [0, 0.05) is 6.54 Å². The van der Waals surface area contributed by atoms with Crippen LogP contribution in [0.4, 0.5) is 0 Å². The lowest BCUT2D eigenvalue weighted by Gasteiger charge is -2.22. The van der Waals surface area contributed by atoms with Crippen molar-refractivity contribution in [3.8, 4) is 0 Å². The lowest BCUT2D eigenvalue weighted by Crippen LogP contribution is -2.39. The highest BCUT2D eigenvalue weighted by Gasteiger charge is 2.22. The van der Waals surface area contributed by atoms with Crippen LogP contribution in [0.25, 0.3) is 16.3 Å². The molecule has 1 heterocycles. The van der Waals surface area contributed by atoms with Crippen LogP contribution in [0.1, 0.15) is 12.0 Å². The second kappa shape index (κ2) is 4.86. The van der Waals surface area contributed by atoms with Crippen LogP contribution in [-0.4, -0.2) is 23.7 Å². The zero-order chi connectivity index (χ0) is 13.2. The molecule has 3 rings (SSSR count). The molecule has 2 N–H and O–H groups in total. The summed E-state index contributed by atoms with van der Waals surface area (Å²) in [5, 5.41) is 14.5. The van der Waals surface area contributed by atoms with Crippen LogP contribution in [-0.2, 0) is 4.79 Å². The van der Waals surface area contributed by atoms with Crippen LogP contribution in [0.2, 0.25) is 0 Å². The molecule has 19 heavy (non-hydrogen) atoms. The Labute approximate surface area is 111 Å². The predicted octanol–water partition coefficient (Wildman–Crippen LogP) is 2.67. The molecule has 0 fully saturated rings. The summed E-state index contributed by atoms with van der Waals surface area (Å²) in [7, 11) is 0. The summed E-state index contributed by atoms with van der Waals surface area (Å²) in [6.45, 7) is 0.607. The third kappa shape index (κ3) is 2.25. The standard InChI is InChI=1S/C16H15NO2/c18-16(19)15-10-12(8-9-17-15)14-7-3-5-11-4-1-2-6-13(11)14/h1-8,15,17H,9-10H2,(H,18,19). The molecule has 2 aromatic rings. The van der Waals surface area contributed by atoms with E-state index in [1.165, 1.54) is 10.8 Å². The SMILES string of the molecule is O=C(O)C1CC(c2cccc3ccccc23)=CCN1. The fourth-order valence-corrected chi connectivity index (χ4v) is 2.60. The van der Waals surface area contributed by atoms with Crippen LogP contribution >= 0.6 is 0 Å². The number of benzene rings is 2. The molecule has 0 aliphatic carbocycles. The van der Waals surface area contributed by atoms with Crippen molar-refractivity contribution >= 4 is 22.3 Å². The summed E-state index contributed by atoms with van der Waals surface area (Å²) >= 11 is 0. The monoisotopic (exact) mass is 253 g/mol. The summed E-state index contributed by atoms with van der Waals surface area (Å²) in [6.07, 6.45) is 2.62. The minimum absolute atomic E-state index is 0.487. The molecule has 96 valence electrons. The van der Waals surface area contributed by atoms with Gasteiger partial charge in [0.1, 0.15) is 6.04 Å². The predicted molar refractivity (Wildman–Crippen MR) is 76.0 cm³/mol. The first-order valence-corrected chi connectivity index (χ1v) is 6.39. The number of aliphatic carboxylic acids is 1. The number of hydrogen-bond acceptors (Lipinski definition) is 2. The highest BCUT2D eigenvalue weighted by atomic mass is 16.4. The van der Waals surface area contributed by atoms with E-state index in [2.05, 4.69) is 35.7 Å². The van der Waals surface area contributed by atoms with E-state index < -0.39 is 12.0 Å². The van der Waals surface area contributed by atoms with E-state index >= 15 is 0 Å². The first-order valence-electron chi connectivity index (χ1n) is 6.39. The van der Waals surface area contributed by atoms with Crippen molar-refractivity contribution in [3.63, 3.8) is 0 Å². The van der Waals surface area contributed by atoms with Crippen molar-refractivity contribution in [2.75, 3.05) is 6.54 Å². The smallest absolute Gasteiger partial charge is 0.321 e. The first-order chi connectivity index (χ1) is 9.25. The van der Waals surface area contributed by atoms with Gasteiger partial charge in [0.2, 0.25) is 0 Å². The maximum atomic E-state index is 11.1. The number of hydrogen-bond donors (Lipinski definition) is 2. The van der Waals surface area contributed by atoms with E-state index in [1.807, 2.05) is 18.2 Å². The van der Waals surface area contributed by atoms with Gasteiger partial charge in [-0.3, -0.25) is 4.79 Å². The van der Waals surface area contributed by atoms with Gasteiger partial charge in [-0.05, 0) is 28.3 Å². The van der Waals surface area contributed by atoms with E-state index in [4.69, 9.17) is 5.11 Å². The van der Waals surface area contributed by atoms with E-state index in [0.29, 0.717) is 13.0 Å². The summed E-state index contributed by atoms with van der Waals surface area (Å²) in [5.41, 5.74) is 2.26. The van der Waals surface area contributed by atoms with Crippen molar-refractivity contribution in [1.29, 1.82) is 0 Å². The maximum Gasteiger partial charge on any atom is 0.321 e. The minimum Gasteiger partial charge on any atom is -0.480 e. The van der Waals surface area contributed by atoms with Gasteiger partial charge in [0.05, 0.1) is 0 Å². The molecular formula is C16H15NO2. The van der Waals surface area contributed by atoms with Gasteiger partial charge in [-0.1, -0.05) is 48.5 Å². The molecular weight excluding hydrogens is 238 g/mol. The Morgan fingerprint density at radius 2 is 1.95 bits per heavy atom. The molecule has 2 aromatic carbocycles. The fourth-order valence-electron chi connectivity index (χ4n) is 2.60. The van der Waals surface area contributed by atoms with Gasteiger partial charge in [0.15, 0.2) is 0 Å². The van der Waals surface area contributed by atoms with Gasteiger partial charge in [0.25, 0.3) is 0 Å². The summed E-state index contributed by atoms with van der Waals surface area (Å²) in [5.74, 6) is -0.786. The van der Waals surface area contributed by atoms with Crippen molar-refractivity contribution in [2.45, 2.75) is 12.5 Å². The van der Waals surface area contributed by atoms with Crippen LogP contribution in [0.3, 0.4) is 0 Å². The molecule has 0 spiro atoms. The Balaban J connectivity index is 2.05. The van der Waals surface area contributed by atoms with Crippen LogP contribution in [0, 0.1) is 0 Å². The van der Waals surface area contributed by atoms with Crippen molar-refractivity contribution in [1.82, 2.24) is 5.32 Å². The Kier molecular flexibility index (Phi) is 3.05. The molecule has 1 aliphatic rings. The third-order valence-electron chi connectivity index (χ3n) is 3.57. The third-order valence-corrected chi connectivity index (χ3v) is 3.57. The normalized spacial score (nSPS) is 19.2. The van der Waals surface area contributed by atoms with Gasteiger partial charge < -0.3 is 10.4 Å².